The molecular weight excluding hydrogens is 142 g/mol. The summed E-state index contributed by atoms with van der Waals surface area (Å²) in [5, 5.41) is 10.5. The molecule has 0 aliphatic carbocycles. The van der Waals surface area contributed by atoms with Gasteiger partial charge in [-0.15, -0.1) is 0 Å². The van der Waals surface area contributed by atoms with Crippen molar-refractivity contribution in [2.45, 2.75) is 19.9 Å². The molecule has 11 heavy (non-hydrogen) atoms. The second kappa shape index (κ2) is 4.69. The van der Waals surface area contributed by atoms with E-state index in [0.29, 0.717) is 0 Å². The highest BCUT2D eigenvalue weighted by Gasteiger charge is 2.15. The Morgan fingerprint density at radius 1 is 1.73 bits per heavy atom. The fraction of sp³-hybridized carbons (Fsp3) is 0.714. The number of hydrogen-bond donors (Lipinski definition) is 2. The van der Waals surface area contributed by atoms with Crippen molar-refractivity contribution in [3.63, 3.8) is 0 Å². The average Bonchev–Trinajstić information content (AvgIpc) is 1.98. The smallest absolute Gasteiger partial charge is 0.238 e. The minimum Gasteiger partial charge on any atom is -0.342 e. The normalized spacial score (nSPS) is 12.3. The molecule has 62 valence electrons. The molecule has 0 aromatic carbocycles. The molecule has 0 aliphatic rings. The van der Waals surface area contributed by atoms with Crippen molar-refractivity contribution in [3.05, 3.63) is 0 Å². The third kappa shape index (κ3) is 3.58. The molecule has 3 N–H and O–H groups in total. The zero-order chi connectivity index (χ0) is 8.85. The van der Waals surface area contributed by atoms with Gasteiger partial charge in [0.1, 0.15) is 6.54 Å². The van der Waals surface area contributed by atoms with E-state index in [1.807, 2.05) is 13.8 Å². The van der Waals surface area contributed by atoms with Gasteiger partial charge in [-0.3, -0.25) is 4.79 Å². The van der Waals surface area contributed by atoms with Crippen LogP contribution < -0.4 is 11.1 Å². The summed E-state index contributed by atoms with van der Waals surface area (Å²) in [5.41, 5.74) is 5.48. The van der Waals surface area contributed by atoms with E-state index in [1.54, 1.807) is 6.07 Å². The van der Waals surface area contributed by atoms with Gasteiger partial charge >= 0.3 is 0 Å². The van der Waals surface area contributed by atoms with Crippen LogP contribution in [0.3, 0.4) is 0 Å². The standard InChI is InChI=1S/C7H13N3O/c1-5(2)6(9)7(11)10-4-3-8/h5-6H,4,9H2,1-2H3,(H,10,11). The van der Waals surface area contributed by atoms with E-state index in [0.717, 1.165) is 0 Å². The maximum absolute atomic E-state index is 11.0. The van der Waals surface area contributed by atoms with Crippen LogP contribution in [0.1, 0.15) is 13.8 Å². The summed E-state index contributed by atoms with van der Waals surface area (Å²) in [6.07, 6.45) is 0. The van der Waals surface area contributed by atoms with E-state index in [9.17, 15) is 4.79 Å². The monoisotopic (exact) mass is 155 g/mol. The molecule has 0 heterocycles. The number of nitrogens with two attached hydrogens (primary N) is 1. The second-order valence-corrected chi connectivity index (χ2v) is 2.65. The van der Waals surface area contributed by atoms with Crippen molar-refractivity contribution in [2.24, 2.45) is 11.7 Å². The molecule has 1 amide bonds. The Labute approximate surface area is 66.4 Å². The topological polar surface area (TPSA) is 78.9 Å². The molecule has 0 aromatic rings. The van der Waals surface area contributed by atoms with Crippen LogP contribution in [0.4, 0.5) is 0 Å². The molecule has 0 saturated carbocycles. The number of hydrogen-bond acceptors (Lipinski definition) is 3. The van der Waals surface area contributed by atoms with Crippen LogP contribution in [0, 0.1) is 17.2 Å². The van der Waals surface area contributed by atoms with Gasteiger partial charge in [0, 0.05) is 0 Å². The fourth-order valence-electron chi connectivity index (χ4n) is 0.547. The number of nitriles is 1. The van der Waals surface area contributed by atoms with Crippen molar-refractivity contribution in [1.29, 1.82) is 5.26 Å². The van der Waals surface area contributed by atoms with E-state index in [2.05, 4.69) is 5.32 Å². The van der Waals surface area contributed by atoms with E-state index in [4.69, 9.17) is 11.0 Å². The number of nitrogens with zero attached hydrogens (tertiary/aromatic N) is 1. The molecule has 0 radical (unpaired) electrons. The SMILES string of the molecule is CC(C)C(N)C(=O)NCC#N. The van der Waals surface area contributed by atoms with Gasteiger partial charge in [-0.1, -0.05) is 13.8 Å². The molecule has 0 bridgehead atoms. The highest BCUT2D eigenvalue weighted by Crippen LogP contribution is 1.96. The van der Waals surface area contributed by atoms with Gasteiger partial charge in [-0.05, 0) is 5.92 Å². The Balaban J connectivity index is 3.76. The number of carbonyl (C=O) groups excluding carboxylic acids is 1. The number of amides is 1. The van der Waals surface area contributed by atoms with Gasteiger partial charge in [-0.25, -0.2) is 0 Å². The van der Waals surface area contributed by atoms with E-state index in [1.165, 1.54) is 0 Å². The van der Waals surface area contributed by atoms with E-state index in [-0.39, 0.29) is 18.4 Å². The fourth-order valence-corrected chi connectivity index (χ4v) is 0.547. The first kappa shape index (κ1) is 9.92. The minimum absolute atomic E-state index is 0.0270. The minimum atomic E-state index is -0.511. The molecular formula is C7H13N3O. The largest absolute Gasteiger partial charge is 0.342 e. The highest BCUT2D eigenvalue weighted by molar-refractivity contribution is 5.81. The second-order valence-electron chi connectivity index (χ2n) is 2.65. The first-order chi connectivity index (χ1) is 5.09. The van der Waals surface area contributed by atoms with E-state index < -0.39 is 6.04 Å². The van der Waals surface area contributed by atoms with Crippen LogP contribution in [0.5, 0.6) is 0 Å². The average molecular weight is 155 g/mol. The summed E-state index contributed by atoms with van der Waals surface area (Å²) < 4.78 is 0. The van der Waals surface area contributed by atoms with Crippen molar-refractivity contribution in [1.82, 2.24) is 5.32 Å². The Morgan fingerprint density at radius 2 is 2.27 bits per heavy atom. The quantitative estimate of drug-likeness (QED) is 0.545. The van der Waals surface area contributed by atoms with Crippen LogP contribution in [0.25, 0.3) is 0 Å². The van der Waals surface area contributed by atoms with Crippen LogP contribution in [0.2, 0.25) is 0 Å². The zero-order valence-corrected chi connectivity index (χ0v) is 6.79. The van der Waals surface area contributed by atoms with Crippen molar-refractivity contribution >= 4 is 5.91 Å². The lowest BCUT2D eigenvalue weighted by atomic mass is 10.1. The molecule has 0 saturated heterocycles. The lowest BCUT2D eigenvalue weighted by Gasteiger charge is -2.13. The maximum atomic E-state index is 11.0. The predicted molar refractivity (Wildman–Crippen MR) is 41.4 cm³/mol. The summed E-state index contributed by atoms with van der Waals surface area (Å²) in [6, 6.07) is 1.29. The third-order valence-electron chi connectivity index (χ3n) is 1.36. The number of nitrogens with one attached hydrogen (secondary N) is 1. The van der Waals surface area contributed by atoms with Crippen LogP contribution in [0.15, 0.2) is 0 Å². The molecule has 1 unspecified atom stereocenters. The maximum Gasteiger partial charge on any atom is 0.238 e. The Morgan fingerprint density at radius 3 is 2.64 bits per heavy atom. The highest BCUT2D eigenvalue weighted by atomic mass is 16.2. The van der Waals surface area contributed by atoms with Gasteiger partial charge in [0.15, 0.2) is 0 Å². The Hall–Kier alpha value is -1.08. The molecule has 0 fully saturated rings. The molecule has 4 nitrogen and oxygen atoms in total. The molecule has 4 heteroatoms. The molecule has 0 aliphatic heterocycles. The van der Waals surface area contributed by atoms with Crippen LogP contribution in [-0.2, 0) is 4.79 Å². The number of rotatable bonds is 3. The summed E-state index contributed by atoms with van der Waals surface area (Å²) in [7, 11) is 0. The van der Waals surface area contributed by atoms with Crippen molar-refractivity contribution < 1.29 is 4.79 Å². The number of carbonyl (C=O) groups is 1. The summed E-state index contributed by atoms with van der Waals surface area (Å²) >= 11 is 0. The van der Waals surface area contributed by atoms with Crippen molar-refractivity contribution in [3.8, 4) is 6.07 Å². The lowest BCUT2D eigenvalue weighted by molar-refractivity contribution is -0.122. The molecule has 0 rings (SSSR count). The van der Waals surface area contributed by atoms with Gasteiger partial charge in [0.2, 0.25) is 5.91 Å². The zero-order valence-electron chi connectivity index (χ0n) is 6.79. The van der Waals surface area contributed by atoms with Crippen molar-refractivity contribution in [2.75, 3.05) is 6.54 Å². The molecule has 1 atom stereocenters. The van der Waals surface area contributed by atoms with Gasteiger partial charge < -0.3 is 11.1 Å². The Kier molecular flexibility index (Phi) is 4.23. The van der Waals surface area contributed by atoms with E-state index >= 15 is 0 Å². The summed E-state index contributed by atoms with van der Waals surface area (Å²) in [6.45, 7) is 3.74. The van der Waals surface area contributed by atoms with Crippen LogP contribution >= 0.6 is 0 Å². The summed E-state index contributed by atoms with van der Waals surface area (Å²) in [4.78, 5) is 11.0. The predicted octanol–water partition coefficient (Wildman–Crippen LogP) is -0.391. The molecule has 0 spiro atoms. The Bertz CT molecular complexity index is 171. The first-order valence-electron chi connectivity index (χ1n) is 3.49. The first-order valence-corrected chi connectivity index (χ1v) is 3.49. The van der Waals surface area contributed by atoms with Gasteiger partial charge in [-0.2, -0.15) is 5.26 Å². The molecule has 0 aromatic heterocycles. The van der Waals surface area contributed by atoms with Gasteiger partial charge in [0.05, 0.1) is 12.1 Å². The van der Waals surface area contributed by atoms with Crippen LogP contribution in [-0.4, -0.2) is 18.5 Å². The van der Waals surface area contributed by atoms with Gasteiger partial charge in [0.25, 0.3) is 0 Å². The summed E-state index contributed by atoms with van der Waals surface area (Å²) in [5.74, 6) is -0.157. The lowest BCUT2D eigenvalue weighted by Crippen LogP contribution is -2.43. The third-order valence-corrected chi connectivity index (χ3v) is 1.36.